The van der Waals surface area contributed by atoms with Crippen molar-refractivity contribution in [2.75, 3.05) is 0 Å². The summed E-state index contributed by atoms with van der Waals surface area (Å²) in [7, 11) is 0. The first kappa shape index (κ1) is 17.2. The van der Waals surface area contributed by atoms with Gasteiger partial charge in [0.05, 0.1) is 6.54 Å². The molecule has 25 heavy (non-hydrogen) atoms. The van der Waals surface area contributed by atoms with Crippen molar-refractivity contribution >= 4 is 17.5 Å². The summed E-state index contributed by atoms with van der Waals surface area (Å²) in [5.41, 5.74) is 1.36. The zero-order valence-electron chi connectivity index (χ0n) is 14.1. The molecule has 130 valence electrons. The molecule has 0 fully saturated rings. The standard InChI is InChI=1S/C18H19ClN4O2/c1-3-12(2)20-17(24)15-5-4-10-23(15)11-16-21-18(25-22-16)13-6-8-14(19)9-7-13/h4-10,12H,3,11H2,1-2H3,(H,20,24)/t12-/m0/s1. The van der Waals surface area contributed by atoms with Crippen LogP contribution in [-0.4, -0.2) is 26.7 Å². The highest BCUT2D eigenvalue weighted by atomic mass is 35.5. The first-order valence-corrected chi connectivity index (χ1v) is 8.49. The third-order valence-corrected chi connectivity index (χ3v) is 4.18. The molecule has 2 heterocycles. The minimum atomic E-state index is -0.110. The monoisotopic (exact) mass is 358 g/mol. The molecular formula is C18H19ClN4O2. The number of halogens is 1. The Balaban J connectivity index is 1.75. The summed E-state index contributed by atoms with van der Waals surface area (Å²) in [5.74, 6) is 0.809. The first-order valence-electron chi connectivity index (χ1n) is 8.11. The van der Waals surface area contributed by atoms with E-state index in [4.69, 9.17) is 16.1 Å². The van der Waals surface area contributed by atoms with Gasteiger partial charge in [-0.05, 0) is 49.7 Å². The molecule has 6 nitrogen and oxygen atoms in total. The number of aromatic nitrogens is 3. The van der Waals surface area contributed by atoms with E-state index < -0.39 is 0 Å². The molecule has 7 heteroatoms. The number of benzene rings is 1. The van der Waals surface area contributed by atoms with E-state index in [9.17, 15) is 4.79 Å². The third kappa shape index (κ3) is 4.09. The average Bonchev–Trinajstić information content (AvgIpc) is 3.25. The average molecular weight is 359 g/mol. The van der Waals surface area contributed by atoms with Crippen LogP contribution in [0.3, 0.4) is 0 Å². The van der Waals surface area contributed by atoms with Crippen molar-refractivity contribution in [3.63, 3.8) is 0 Å². The predicted molar refractivity (Wildman–Crippen MR) is 95.5 cm³/mol. The number of nitrogens with one attached hydrogen (secondary N) is 1. The van der Waals surface area contributed by atoms with E-state index in [-0.39, 0.29) is 11.9 Å². The maximum absolute atomic E-state index is 12.3. The molecule has 3 aromatic rings. The topological polar surface area (TPSA) is 73.0 Å². The molecule has 1 aromatic carbocycles. The van der Waals surface area contributed by atoms with Crippen LogP contribution in [-0.2, 0) is 6.54 Å². The number of rotatable bonds is 6. The molecule has 0 aliphatic heterocycles. The highest BCUT2D eigenvalue weighted by Gasteiger charge is 2.15. The Morgan fingerprint density at radius 2 is 2.08 bits per heavy atom. The van der Waals surface area contributed by atoms with Crippen LogP contribution in [0.4, 0.5) is 0 Å². The van der Waals surface area contributed by atoms with Crippen LogP contribution >= 0.6 is 11.6 Å². The van der Waals surface area contributed by atoms with E-state index in [0.717, 1.165) is 12.0 Å². The van der Waals surface area contributed by atoms with E-state index in [0.29, 0.717) is 29.0 Å². The number of amides is 1. The van der Waals surface area contributed by atoms with E-state index in [1.165, 1.54) is 0 Å². The molecule has 2 aromatic heterocycles. The van der Waals surface area contributed by atoms with Crippen molar-refractivity contribution in [3.05, 3.63) is 59.1 Å². The zero-order chi connectivity index (χ0) is 17.8. The minimum Gasteiger partial charge on any atom is -0.348 e. The molecule has 0 bridgehead atoms. The summed E-state index contributed by atoms with van der Waals surface area (Å²) < 4.78 is 7.10. The Morgan fingerprint density at radius 1 is 1.32 bits per heavy atom. The van der Waals surface area contributed by atoms with E-state index in [1.807, 2.05) is 38.2 Å². The molecule has 1 N–H and O–H groups in total. The third-order valence-electron chi connectivity index (χ3n) is 3.92. The van der Waals surface area contributed by atoms with Gasteiger partial charge < -0.3 is 14.4 Å². The van der Waals surface area contributed by atoms with Gasteiger partial charge in [0.2, 0.25) is 0 Å². The van der Waals surface area contributed by atoms with Crippen LogP contribution in [0.1, 0.15) is 36.6 Å². The Hall–Kier alpha value is -2.60. The summed E-state index contributed by atoms with van der Waals surface area (Å²) in [6, 6.07) is 10.9. The van der Waals surface area contributed by atoms with Crippen LogP contribution in [0.15, 0.2) is 47.1 Å². The molecule has 0 aliphatic rings. The van der Waals surface area contributed by atoms with Crippen molar-refractivity contribution in [1.82, 2.24) is 20.0 Å². The smallest absolute Gasteiger partial charge is 0.268 e. The van der Waals surface area contributed by atoms with Crippen molar-refractivity contribution in [3.8, 4) is 11.5 Å². The quantitative estimate of drug-likeness (QED) is 0.728. The fourth-order valence-corrected chi connectivity index (χ4v) is 2.46. The SMILES string of the molecule is CC[C@H](C)NC(=O)c1cccn1Cc1noc(-c2ccc(Cl)cc2)n1. The Kier molecular flexibility index (Phi) is 5.19. The largest absolute Gasteiger partial charge is 0.348 e. The molecule has 0 radical (unpaired) electrons. The van der Waals surface area contributed by atoms with E-state index >= 15 is 0 Å². The van der Waals surface area contributed by atoms with Crippen LogP contribution in [0.25, 0.3) is 11.5 Å². The molecule has 3 rings (SSSR count). The fraction of sp³-hybridized carbons (Fsp3) is 0.278. The van der Waals surface area contributed by atoms with Crippen molar-refractivity contribution in [2.45, 2.75) is 32.9 Å². The second-order valence-corrected chi connectivity index (χ2v) is 6.26. The van der Waals surface area contributed by atoms with Gasteiger partial charge in [-0.3, -0.25) is 4.79 Å². The van der Waals surface area contributed by atoms with Crippen LogP contribution < -0.4 is 5.32 Å². The van der Waals surface area contributed by atoms with Gasteiger partial charge in [0.15, 0.2) is 5.82 Å². The van der Waals surface area contributed by atoms with Gasteiger partial charge in [-0.25, -0.2) is 0 Å². The summed E-state index contributed by atoms with van der Waals surface area (Å²) in [4.78, 5) is 16.7. The van der Waals surface area contributed by atoms with Gasteiger partial charge in [0, 0.05) is 22.8 Å². The first-order chi connectivity index (χ1) is 12.1. The minimum absolute atomic E-state index is 0.110. The fourth-order valence-electron chi connectivity index (χ4n) is 2.34. The van der Waals surface area contributed by atoms with Crippen molar-refractivity contribution in [2.24, 2.45) is 0 Å². The van der Waals surface area contributed by atoms with E-state index in [1.54, 1.807) is 22.8 Å². The molecule has 1 atom stereocenters. The molecule has 1 amide bonds. The lowest BCUT2D eigenvalue weighted by Crippen LogP contribution is -2.33. The van der Waals surface area contributed by atoms with Crippen molar-refractivity contribution < 1.29 is 9.32 Å². The van der Waals surface area contributed by atoms with E-state index in [2.05, 4.69) is 15.5 Å². The van der Waals surface area contributed by atoms with Gasteiger partial charge in [-0.2, -0.15) is 4.98 Å². The number of nitrogens with zero attached hydrogens (tertiary/aromatic N) is 3. The molecule has 0 saturated carbocycles. The highest BCUT2D eigenvalue weighted by molar-refractivity contribution is 6.30. The number of hydrogen-bond donors (Lipinski definition) is 1. The lowest BCUT2D eigenvalue weighted by molar-refractivity contribution is 0.0930. The van der Waals surface area contributed by atoms with Gasteiger partial charge in [-0.15, -0.1) is 0 Å². The normalized spacial score (nSPS) is 12.1. The second-order valence-electron chi connectivity index (χ2n) is 5.83. The Morgan fingerprint density at radius 3 is 2.80 bits per heavy atom. The van der Waals surface area contributed by atoms with Gasteiger partial charge >= 0.3 is 0 Å². The summed E-state index contributed by atoms with van der Waals surface area (Å²) >= 11 is 5.88. The molecule has 0 unspecified atom stereocenters. The van der Waals surface area contributed by atoms with Crippen LogP contribution in [0.5, 0.6) is 0 Å². The molecular weight excluding hydrogens is 340 g/mol. The second kappa shape index (κ2) is 7.53. The molecule has 0 saturated heterocycles. The maximum atomic E-state index is 12.3. The van der Waals surface area contributed by atoms with Crippen LogP contribution in [0, 0.1) is 0 Å². The lowest BCUT2D eigenvalue weighted by atomic mass is 10.2. The molecule has 0 spiro atoms. The van der Waals surface area contributed by atoms with Crippen LogP contribution in [0.2, 0.25) is 5.02 Å². The maximum Gasteiger partial charge on any atom is 0.268 e. The number of carbonyl (C=O) groups is 1. The summed E-state index contributed by atoms with van der Waals surface area (Å²) in [5, 5.41) is 7.60. The van der Waals surface area contributed by atoms with Crippen molar-refractivity contribution in [1.29, 1.82) is 0 Å². The number of hydrogen-bond acceptors (Lipinski definition) is 4. The van der Waals surface area contributed by atoms with Gasteiger partial charge in [-0.1, -0.05) is 23.7 Å². The predicted octanol–water partition coefficient (Wildman–Crippen LogP) is 3.77. The lowest BCUT2D eigenvalue weighted by Gasteiger charge is -2.12. The Bertz CT molecular complexity index is 854. The highest BCUT2D eigenvalue weighted by Crippen LogP contribution is 2.20. The zero-order valence-corrected chi connectivity index (χ0v) is 14.8. The van der Waals surface area contributed by atoms with Gasteiger partial charge in [0.25, 0.3) is 11.8 Å². The Labute approximate surface area is 150 Å². The molecule has 0 aliphatic carbocycles. The number of carbonyl (C=O) groups excluding carboxylic acids is 1. The summed E-state index contributed by atoms with van der Waals surface area (Å²) in [6.07, 6.45) is 2.70. The van der Waals surface area contributed by atoms with Gasteiger partial charge in [0.1, 0.15) is 5.69 Å². The summed E-state index contributed by atoms with van der Waals surface area (Å²) in [6.45, 7) is 4.36.